The highest BCUT2D eigenvalue weighted by Crippen LogP contribution is 2.44. The lowest BCUT2D eigenvalue weighted by Gasteiger charge is -2.23. The third kappa shape index (κ3) is 21.1. The molecule has 2 heterocycles. The molecule has 3 N–H and O–H groups in total. The monoisotopic (exact) mass is 1210 g/mol. The number of ether oxygens (including phenoxy) is 14. The van der Waals surface area contributed by atoms with Gasteiger partial charge in [-0.05, 0) is 69.3 Å². The van der Waals surface area contributed by atoms with E-state index in [4.69, 9.17) is 66.3 Å². The zero-order valence-electron chi connectivity index (χ0n) is 49.6. The number of hydrogen-bond donors (Lipinski definition) is 3. The van der Waals surface area contributed by atoms with Gasteiger partial charge in [-0.1, -0.05) is 103 Å². The van der Waals surface area contributed by atoms with Crippen LogP contribution in [0.4, 0.5) is 4.79 Å². The summed E-state index contributed by atoms with van der Waals surface area (Å²) < 4.78 is 81.4. The van der Waals surface area contributed by atoms with Gasteiger partial charge in [0.25, 0.3) is 0 Å². The summed E-state index contributed by atoms with van der Waals surface area (Å²) in [5.74, 6) is 0.771. The number of fused-ring (bicyclic) bond motifs is 8. The zero-order chi connectivity index (χ0) is 60.6. The Kier molecular flexibility index (Phi) is 26.6. The summed E-state index contributed by atoms with van der Waals surface area (Å²) in [7, 11) is 0. The molecule has 1 aliphatic heterocycles. The number of carbonyl (C=O) groups is 3. The summed E-state index contributed by atoms with van der Waals surface area (Å²) in [5.41, 5.74) is 7.28. The van der Waals surface area contributed by atoms with Gasteiger partial charge in [-0.15, -0.1) is 0 Å². The Morgan fingerprint density at radius 3 is 1.42 bits per heavy atom. The quantitative estimate of drug-likeness (QED) is 0.0977. The molecule has 0 fully saturated rings. The number of aromatic nitrogens is 1. The molecule has 88 heavy (non-hydrogen) atoms. The Labute approximate surface area is 513 Å². The standard InChI is InChI=1S/C68H79N3O17/c72-66(64(43-50-11-2-1-3-12-50)71-68(74)88-49-62-60-18-6-4-16-58(60)59-17-5-7-19-61(59)62)70-65(44-52-47-69-63-20-9-8-15-57(52)63)67(73)87-48-51-41-55-46-56(42-51)86-40-36-82-32-28-78-24-22-76-26-30-80-34-38-84-54-14-10-13-53(45-54)83-37-33-79-29-25-75-21-23-77-27-31-81-35-39-85-55/h1-20,41-42,45-47,62,64-65,69H,21-40,43-44,48-49H2,(H,70,72)(H,71,74)/t64-,65-/m0/s1. The van der Waals surface area contributed by atoms with Crippen molar-refractivity contribution < 1.29 is 80.7 Å². The van der Waals surface area contributed by atoms with Crippen LogP contribution in [0.2, 0.25) is 0 Å². The van der Waals surface area contributed by atoms with Crippen LogP contribution < -0.4 is 29.6 Å². The van der Waals surface area contributed by atoms with E-state index >= 15 is 0 Å². The number of carbonyl (C=O) groups excluding carboxylic acids is 3. The predicted molar refractivity (Wildman–Crippen MR) is 327 cm³/mol. The second-order valence-electron chi connectivity index (χ2n) is 20.5. The number of nitrogens with one attached hydrogen (secondary N) is 3. The molecule has 2 atom stereocenters. The molecule has 20 nitrogen and oxygen atoms in total. The number of hydrogen-bond acceptors (Lipinski definition) is 17. The molecular formula is C68H79N3O17. The van der Waals surface area contributed by atoms with Crippen molar-refractivity contribution in [1.29, 1.82) is 0 Å². The van der Waals surface area contributed by atoms with E-state index in [-0.39, 0.29) is 58.4 Å². The number of H-pyrrole nitrogens is 1. The minimum absolute atomic E-state index is 0.0508. The zero-order valence-corrected chi connectivity index (χ0v) is 49.6. The van der Waals surface area contributed by atoms with Gasteiger partial charge in [-0.3, -0.25) is 4.79 Å². The van der Waals surface area contributed by atoms with Gasteiger partial charge in [0.2, 0.25) is 5.91 Å². The number of aromatic amines is 1. The minimum atomic E-state index is -1.19. The fraction of sp³-hybridized carbons (Fsp3) is 0.397. The molecular weight excluding hydrogens is 1130 g/mol. The van der Waals surface area contributed by atoms with E-state index in [0.29, 0.717) is 134 Å². The van der Waals surface area contributed by atoms with Crippen molar-refractivity contribution in [3.8, 4) is 34.1 Å². The number of rotatable bonds is 12. The second kappa shape index (κ2) is 36.3. The molecule has 20 heteroatoms. The second-order valence-corrected chi connectivity index (χ2v) is 20.5. The lowest BCUT2D eigenvalue weighted by atomic mass is 9.98. The number of alkyl carbamates (subject to hydrolysis) is 1. The van der Waals surface area contributed by atoms with E-state index in [9.17, 15) is 14.4 Å². The Morgan fingerprint density at radius 1 is 0.432 bits per heavy atom. The molecule has 2 aliphatic rings. The van der Waals surface area contributed by atoms with Crippen LogP contribution in [0.1, 0.15) is 33.7 Å². The summed E-state index contributed by atoms with van der Waals surface area (Å²) in [4.78, 5) is 46.2. The molecule has 468 valence electrons. The third-order valence-corrected chi connectivity index (χ3v) is 14.3. The first kappa shape index (κ1) is 64.4. The smallest absolute Gasteiger partial charge is 0.407 e. The van der Waals surface area contributed by atoms with Crippen LogP contribution in [0.5, 0.6) is 23.0 Å². The molecule has 6 aromatic carbocycles. The van der Waals surface area contributed by atoms with Crippen LogP contribution in [-0.2, 0) is 76.4 Å². The summed E-state index contributed by atoms with van der Waals surface area (Å²) in [6.07, 6.45) is 1.22. The number of para-hydroxylation sites is 1. The number of benzene rings is 6. The van der Waals surface area contributed by atoms with Gasteiger partial charge >= 0.3 is 12.1 Å². The molecule has 0 saturated carbocycles. The maximum absolute atomic E-state index is 14.6. The lowest BCUT2D eigenvalue weighted by molar-refractivity contribution is -0.149. The Balaban J connectivity index is 0.806. The molecule has 4 bridgehead atoms. The molecule has 0 saturated heterocycles. The van der Waals surface area contributed by atoms with Crippen LogP contribution in [0.3, 0.4) is 0 Å². The normalized spacial score (nSPS) is 16.8. The first-order chi connectivity index (χ1) is 43.4. The number of esters is 1. The average Bonchev–Trinajstić information content (AvgIpc) is 1.90. The van der Waals surface area contributed by atoms with E-state index in [0.717, 1.165) is 44.3 Å². The van der Waals surface area contributed by atoms with Gasteiger partial charge in [-0.2, -0.15) is 0 Å². The van der Waals surface area contributed by atoms with Crippen LogP contribution >= 0.6 is 0 Å². The summed E-state index contributed by atoms with van der Waals surface area (Å²) in [6.45, 7) is 7.04. The molecule has 0 radical (unpaired) electrons. The summed E-state index contributed by atoms with van der Waals surface area (Å²) in [5, 5.41) is 6.66. The molecule has 7 aromatic rings. The molecule has 0 spiro atoms. The van der Waals surface area contributed by atoms with Gasteiger partial charge in [0.15, 0.2) is 0 Å². The maximum Gasteiger partial charge on any atom is 0.407 e. The highest BCUT2D eigenvalue weighted by atomic mass is 16.6. The first-order valence-electron chi connectivity index (χ1n) is 30.0. The third-order valence-electron chi connectivity index (χ3n) is 14.3. The van der Waals surface area contributed by atoms with Crippen LogP contribution in [0.15, 0.2) is 152 Å². The molecule has 2 amide bonds. The van der Waals surface area contributed by atoms with Gasteiger partial charge in [0, 0.05) is 48.0 Å². The Morgan fingerprint density at radius 2 is 0.886 bits per heavy atom. The van der Waals surface area contributed by atoms with Gasteiger partial charge in [0.05, 0.1) is 106 Å². The number of amides is 2. The van der Waals surface area contributed by atoms with Crippen molar-refractivity contribution in [3.63, 3.8) is 0 Å². The lowest BCUT2D eigenvalue weighted by Crippen LogP contribution is -2.53. The van der Waals surface area contributed by atoms with Crippen molar-refractivity contribution in [2.75, 3.05) is 139 Å². The van der Waals surface area contributed by atoms with Crippen molar-refractivity contribution >= 4 is 28.9 Å². The van der Waals surface area contributed by atoms with E-state index in [1.807, 2.05) is 121 Å². The van der Waals surface area contributed by atoms with Gasteiger partial charge in [-0.25, -0.2) is 9.59 Å². The van der Waals surface area contributed by atoms with E-state index in [1.165, 1.54) is 0 Å². The molecule has 1 aliphatic carbocycles. The van der Waals surface area contributed by atoms with Gasteiger partial charge < -0.3 is 81.9 Å². The molecule has 1 aromatic heterocycles. The fourth-order valence-corrected chi connectivity index (χ4v) is 10.0. The maximum atomic E-state index is 14.6. The average molecular weight is 1210 g/mol. The highest BCUT2D eigenvalue weighted by Gasteiger charge is 2.32. The Hall–Kier alpha value is -8.05. The predicted octanol–water partition coefficient (Wildman–Crippen LogP) is 8.45. The van der Waals surface area contributed by atoms with Crippen LogP contribution in [-0.4, -0.2) is 174 Å². The van der Waals surface area contributed by atoms with Crippen molar-refractivity contribution in [3.05, 3.63) is 180 Å². The summed E-state index contributed by atoms with van der Waals surface area (Å²) in [6, 6.07) is 43.5. The summed E-state index contributed by atoms with van der Waals surface area (Å²) >= 11 is 0. The minimum Gasteiger partial charge on any atom is -0.491 e. The van der Waals surface area contributed by atoms with Crippen LogP contribution in [0.25, 0.3) is 22.0 Å². The highest BCUT2D eigenvalue weighted by molar-refractivity contribution is 5.91. The van der Waals surface area contributed by atoms with Crippen molar-refractivity contribution in [1.82, 2.24) is 15.6 Å². The molecule has 9 rings (SSSR count). The van der Waals surface area contributed by atoms with E-state index in [1.54, 1.807) is 18.2 Å². The van der Waals surface area contributed by atoms with E-state index in [2.05, 4.69) is 27.8 Å². The SMILES string of the molecule is O=C(N[C@@H](Cc1ccccc1)C(=O)N[C@@H](Cc1c[nH]c2ccccc12)C(=O)OCc1cc2cc(c1)OCCOCCOCCOCCOCCOc1cccc(c1)OCCOCCOCCOCCOCCO2)OCC1c2ccccc2-c2ccccc21. The largest absolute Gasteiger partial charge is 0.491 e. The first-order valence-corrected chi connectivity index (χ1v) is 30.0. The van der Waals surface area contributed by atoms with Gasteiger partial charge in [0.1, 0.15) is 74.7 Å². The van der Waals surface area contributed by atoms with Crippen LogP contribution in [0, 0.1) is 0 Å². The fourth-order valence-electron chi connectivity index (χ4n) is 10.0. The van der Waals surface area contributed by atoms with Crippen molar-refractivity contribution in [2.45, 2.75) is 37.5 Å². The topological polar surface area (TPSA) is 220 Å². The Bertz CT molecular complexity index is 3100. The van der Waals surface area contributed by atoms with Crippen molar-refractivity contribution in [2.24, 2.45) is 0 Å². The molecule has 0 unspecified atom stereocenters. The van der Waals surface area contributed by atoms with E-state index < -0.39 is 30.1 Å².